The lowest BCUT2D eigenvalue weighted by Crippen LogP contribution is -2.40. The van der Waals surface area contributed by atoms with Gasteiger partial charge in [-0.2, -0.15) is 0 Å². The van der Waals surface area contributed by atoms with E-state index in [2.05, 4.69) is 6.92 Å². The molecule has 0 spiro atoms. The summed E-state index contributed by atoms with van der Waals surface area (Å²) in [5.41, 5.74) is 1.42. The number of aryl methyl sites for hydroxylation is 1. The monoisotopic (exact) mass is 379 g/mol. The molecule has 1 aromatic rings. The van der Waals surface area contributed by atoms with E-state index in [1.54, 1.807) is 20.3 Å². The van der Waals surface area contributed by atoms with E-state index in [0.717, 1.165) is 50.8 Å². The number of carbonyl (C=O) groups excluding carboxylic acids is 1. The Bertz CT molecular complexity index is 585. The average molecular weight is 380 g/mol. The smallest absolute Gasteiger partial charge is 0.224 e. The number of nitrogens with zero attached hydrogens (tertiary/aromatic N) is 1. The Morgan fingerprint density at radius 3 is 2.59 bits per heavy atom. The second-order valence-electron chi connectivity index (χ2n) is 7.65. The van der Waals surface area contributed by atoms with Gasteiger partial charge in [0.25, 0.3) is 0 Å². The van der Waals surface area contributed by atoms with Gasteiger partial charge in [0.1, 0.15) is 5.82 Å². The van der Waals surface area contributed by atoms with Crippen LogP contribution in [0, 0.1) is 17.7 Å². The molecule has 152 valence electrons. The first-order chi connectivity index (χ1) is 13.1. The van der Waals surface area contributed by atoms with Gasteiger partial charge in [-0.1, -0.05) is 31.5 Å². The lowest BCUT2D eigenvalue weighted by atomic mass is 9.82. The van der Waals surface area contributed by atoms with Crippen molar-refractivity contribution < 1.29 is 18.7 Å². The van der Waals surface area contributed by atoms with Crippen molar-refractivity contribution in [2.75, 3.05) is 33.9 Å². The molecular formula is C22H34FNO3. The maximum Gasteiger partial charge on any atom is 0.224 e. The molecule has 4 nitrogen and oxygen atoms in total. The Hall–Kier alpha value is -1.46. The minimum atomic E-state index is -0.116. The van der Waals surface area contributed by atoms with Gasteiger partial charge in [-0.05, 0) is 43.1 Å². The summed E-state index contributed by atoms with van der Waals surface area (Å²) in [6, 6.07) is 5.57. The van der Waals surface area contributed by atoms with E-state index in [9.17, 15) is 9.18 Å². The van der Waals surface area contributed by atoms with Crippen molar-refractivity contribution in [2.45, 2.75) is 52.1 Å². The molecule has 1 aliphatic heterocycles. The van der Waals surface area contributed by atoms with E-state index < -0.39 is 0 Å². The third-order valence-electron chi connectivity index (χ3n) is 5.78. The number of amides is 1. The summed E-state index contributed by atoms with van der Waals surface area (Å²) < 4.78 is 24.5. The molecule has 1 amide bonds. The predicted octanol–water partition coefficient (Wildman–Crippen LogP) is 4.21. The van der Waals surface area contributed by atoms with Crippen LogP contribution in [0.25, 0.3) is 0 Å². The molecule has 0 aliphatic carbocycles. The number of methoxy groups -OCH3 is 2. The second kappa shape index (κ2) is 11.4. The molecule has 27 heavy (non-hydrogen) atoms. The van der Waals surface area contributed by atoms with Gasteiger partial charge in [0.2, 0.25) is 5.91 Å². The van der Waals surface area contributed by atoms with E-state index in [0.29, 0.717) is 37.0 Å². The van der Waals surface area contributed by atoms with Gasteiger partial charge in [0, 0.05) is 32.9 Å². The highest BCUT2D eigenvalue weighted by Crippen LogP contribution is 2.29. The molecule has 0 bridgehead atoms. The van der Waals surface area contributed by atoms with Gasteiger partial charge in [-0.25, -0.2) is 4.39 Å². The lowest BCUT2D eigenvalue weighted by molar-refractivity contribution is -0.133. The summed E-state index contributed by atoms with van der Waals surface area (Å²) in [6.07, 6.45) is 5.46. The van der Waals surface area contributed by atoms with Crippen molar-refractivity contribution in [1.29, 1.82) is 0 Å². The molecule has 1 saturated heterocycles. The summed E-state index contributed by atoms with van der Waals surface area (Å²) in [6.45, 7) is 4.82. The molecule has 0 saturated carbocycles. The number of hydrogen-bond donors (Lipinski definition) is 0. The Labute approximate surface area is 163 Å². The van der Waals surface area contributed by atoms with Crippen molar-refractivity contribution in [3.05, 3.63) is 35.1 Å². The van der Waals surface area contributed by atoms with E-state index in [1.807, 2.05) is 17.0 Å². The minimum absolute atomic E-state index is 0.116. The number of rotatable bonds is 10. The van der Waals surface area contributed by atoms with Crippen LogP contribution in [0.1, 0.15) is 50.2 Å². The molecule has 1 unspecified atom stereocenters. The zero-order chi connectivity index (χ0) is 19.6. The summed E-state index contributed by atoms with van der Waals surface area (Å²) in [4.78, 5) is 14.0. The number of halogens is 1. The van der Waals surface area contributed by atoms with Gasteiger partial charge >= 0.3 is 0 Å². The van der Waals surface area contributed by atoms with Crippen LogP contribution in [0.2, 0.25) is 0 Å². The van der Waals surface area contributed by atoms with Gasteiger partial charge in [0.15, 0.2) is 0 Å². The van der Waals surface area contributed by atoms with Crippen molar-refractivity contribution in [3.63, 3.8) is 0 Å². The van der Waals surface area contributed by atoms with Crippen LogP contribution >= 0.6 is 0 Å². The van der Waals surface area contributed by atoms with Crippen molar-refractivity contribution in [3.8, 4) is 0 Å². The lowest BCUT2D eigenvalue weighted by Gasteiger charge is -2.35. The van der Waals surface area contributed by atoms with E-state index >= 15 is 0 Å². The van der Waals surface area contributed by atoms with Crippen molar-refractivity contribution >= 4 is 5.91 Å². The molecule has 1 aromatic carbocycles. The van der Waals surface area contributed by atoms with Gasteiger partial charge < -0.3 is 14.4 Å². The molecule has 2 rings (SSSR count). The molecular weight excluding hydrogens is 345 g/mol. The molecule has 1 heterocycles. The number of likely N-dealkylation sites (tertiary alicyclic amines) is 1. The summed E-state index contributed by atoms with van der Waals surface area (Å²) in [5.74, 6) is 1.34. The third-order valence-corrected chi connectivity index (χ3v) is 5.78. The van der Waals surface area contributed by atoms with Crippen LogP contribution in [0.3, 0.4) is 0 Å². The largest absolute Gasteiger partial charge is 0.384 e. The number of piperidine rings is 1. The van der Waals surface area contributed by atoms with Crippen molar-refractivity contribution in [1.82, 2.24) is 4.90 Å². The van der Waals surface area contributed by atoms with E-state index in [-0.39, 0.29) is 11.7 Å². The quantitative estimate of drug-likeness (QED) is 0.611. The maximum atomic E-state index is 14.4. The fourth-order valence-corrected chi connectivity index (χ4v) is 4.01. The van der Waals surface area contributed by atoms with E-state index in [4.69, 9.17) is 9.47 Å². The highest BCUT2D eigenvalue weighted by Gasteiger charge is 2.25. The first kappa shape index (κ1) is 21.8. The first-order valence-electron chi connectivity index (χ1n) is 10.1. The van der Waals surface area contributed by atoms with Gasteiger partial charge in [0.05, 0.1) is 19.6 Å². The molecule has 1 atom stereocenters. The van der Waals surface area contributed by atoms with E-state index in [1.165, 1.54) is 0 Å². The SMILES string of the molecule is COCCC(=O)N1CCC(C(C)CCCc2cccc(COC)c2F)CC1. The van der Waals surface area contributed by atoms with Gasteiger partial charge in [-0.15, -0.1) is 0 Å². The molecule has 0 aromatic heterocycles. The molecule has 0 N–H and O–H groups in total. The van der Waals surface area contributed by atoms with Crippen LogP contribution in [-0.4, -0.2) is 44.7 Å². The molecule has 1 fully saturated rings. The number of hydrogen-bond acceptors (Lipinski definition) is 3. The Kier molecular flexibility index (Phi) is 9.22. The van der Waals surface area contributed by atoms with Crippen LogP contribution in [-0.2, 0) is 27.3 Å². The zero-order valence-electron chi connectivity index (χ0n) is 17.0. The Morgan fingerprint density at radius 1 is 1.22 bits per heavy atom. The summed E-state index contributed by atoms with van der Waals surface area (Å²) in [7, 11) is 3.21. The molecule has 0 radical (unpaired) electrons. The normalized spacial score (nSPS) is 16.5. The zero-order valence-corrected chi connectivity index (χ0v) is 17.0. The highest BCUT2D eigenvalue weighted by atomic mass is 19.1. The first-order valence-corrected chi connectivity index (χ1v) is 10.1. The van der Waals surface area contributed by atoms with Crippen LogP contribution in [0.15, 0.2) is 18.2 Å². The fraction of sp³-hybridized carbons (Fsp3) is 0.682. The fourth-order valence-electron chi connectivity index (χ4n) is 4.01. The van der Waals surface area contributed by atoms with Crippen LogP contribution in [0.4, 0.5) is 4.39 Å². The van der Waals surface area contributed by atoms with Crippen molar-refractivity contribution in [2.24, 2.45) is 11.8 Å². The number of carbonyl (C=O) groups is 1. The van der Waals surface area contributed by atoms with Crippen LogP contribution < -0.4 is 0 Å². The topological polar surface area (TPSA) is 38.8 Å². The second-order valence-corrected chi connectivity index (χ2v) is 7.65. The van der Waals surface area contributed by atoms with Crippen LogP contribution in [0.5, 0.6) is 0 Å². The summed E-state index contributed by atoms with van der Waals surface area (Å²) in [5, 5.41) is 0. The summed E-state index contributed by atoms with van der Waals surface area (Å²) >= 11 is 0. The predicted molar refractivity (Wildman–Crippen MR) is 105 cm³/mol. The molecule has 5 heteroatoms. The number of ether oxygens (including phenoxy) is 2. The standard InChI is InChI=1S/C22H34FNO3/c1-17(18-10-13-24(14-11-18)21(25)12-15-26-2)6-4-7-19-8-5-9-20(16-27-3)22(19)23/h5,8-9,17-18H,4,6-7,10-16H2,1-3H3. The Morgan fingerprint density at radius 2 is 1.93 bits per heavy atom. The number of benzene rings is 1. The maximum absolute atomic E-state index is 14.4. The Balaban J connectivity index is 1.73. The average Bonchev–Trinajstić information content (AvgIpc) is 2.69. The minimum Gasteiger partial charge on any atom is -0.384 e. The molecule has 1 aliphatic rings. The third kappa shape index (κ3) is 6.58. The van der Waals surface area contributed by atoms with Gasteiger partial charge in [-0.3, -0.25) is 4.79 Å². The highest BCUT2D eigenvalue weighted by molar-refractivity contribution is 5.76.